The molecule has 40 heavy (non-hydrogen) atoms. The van der Waals surface area contributed by atoms with Crippen molar-refractivity contribution >= 4 is 45.0 Å². The van der Waals surface area contributed by atoms with Gasteiger partial charge < -0.3 is 15.0 Å². The van der Waals surface area contributed by atoms with Gasteiger partial charge in [0.1, 0.15) is 17.5 Å². The number of nitrogens with one attached hydrogen (secondary N) is 2. The van der Waals surface area contributed by atoms with Gasteiger partial charge in [0.15, 0.2) is 0 Å². The van der Waals surface area contributed by atoms with E-state index in [-0.39, 0.29) is 33.3 Å². The fraction of sp³-hybridized carbons (Fsp3) is 0.500. The van der Waals surface area contributed by atoms with E-state index in [9.17, 15) is 22.9 Å². The number of amides is 1. The lowest BCUT2D eigenvalue weighted by molar-refractivity contribution is -0.160. The van der Waals surface area contributed by atoms with Crippen LogP contribution in [0.25, 0.3) is 0 Å². The maximum atomic E-state index is 13.3. The summed E-state index contributed by atoms with van der Waals surface area (Å²) < 4.78 is 47.8. The molecule has 2 aromatic rings. The molecule has 12 heteroatoms. The molecule has 1 amide bonds. The minimum Gasteiger partial charge on any atom is -0.379 e. The fourth-order valence-electron chi connectivity index (χ4n) is 4.49. The zero-order valence-electron chi connectivity index (χ0n) is 23.2. The molecule has 0 unspecified atom stereocenters. The lowest BCUT2D eigenvalue weighted by atomic mass is 9.83. The van der Waals surface area contributed by atoms with Gasteiger partial charge in [-0.3, -0.25) is 4.79 Å². The Hall–Kier alpha value is -2.36. The summed E-state index contributed by atoms with van der Waals surface area (Å²) in [5.74, 6) is -0.678. The summed E-state index contributed by atoms with van der Waals surface area (Å²) in [4.78, 5) is 15.8. The summed E-state index contributed by atoms with van der Waals surface area (Å²) in [6, 6.07) is 10.5. The van der Waals surface area contributed by atoms with Gasteiger partial charge in [-0.2, -0.15) is 5.26 Å². The predicted octanol–water partition coefficient (Wildman–Crippen LogP) is 5.28. The second-order valence-electron chi connectivity index (χ2n) is 10.4. The van der Waals surface area contributed by atoms with Crippen molar-refractivity contribution in [1.82, 2.24) is 9.62 Å². The number of nitrogens with zero attached hydrogens (tertiary/aromatic N) is 2. The first-order valence-electron chi connectivity index (χ1n) is 13.1. The van der Waals surface area contributed by atoms with Gasteiger partial charge in [-0.05, 0) is 88.6 Å². The Bertz CT molecular complexity index is 1330. The van der Waals surface area contributed by atoms with Crippen molar-refractivity contribution in [1.29, 1.82) is 5.26 Å². The lowest BCUT2D eigenvalue weighted by Gasteiger charge is -2.38. The first kappa shape index (κ1) is 32.2. The average molecular weight is 611 g/mol. The molecule has 0 saturated carbocycles. The molecule has 8 nitrogen and oxygen atoms in total. The second-order valence-corrected chi connectivity index (χ2v) is 13.6. The maximum absolute atomic E-state index is 13.3. The Labute approximate surface area is 245 Å². The molecule has 1 heterocycles. The van der Waals surface area contributed by atoms with Crippen molar-refractivity contribution < 1.29 is 22.3 Å². The van der Waals surface area contributed by atoms with Gasteiger partial charge in [0.2, 0.25) is 0 Å². The van der Waals surface area contributed by atoms with E-state index in [1.165, 1.54) is 36.0 Å². The van der Waals surface area contributed by atoms with Crippen LogP contribution in [0.4, 0.5) is 10.1 Å². The van der Waals surface area contributed by atoms with Crippen LogP contribution in [0.3, 0.4) is 0 Å². The Balaban J connectivity index is 1.84. The largest absolute Gasteiger partial charge is 0.379 e. The minimum absolute atomic E-state index is 0.0365. The van der Waals surface area contributed by atoms with Crippen LogP contribution in [0, 0.1) is 23.1 Å². The highest BCUT2D eigenvalue weighted by Crippen LogP contribution is 2.34. The number of hydrogen-bond acceptors (Lipinski definition) is 8. The normalized spacial score (nSPS) is 18.4. The summed E-state index contributed by atoms with van der Waals surface area (Å²) in [7, 11) is -0.432. The molecule has 1 aliphatic heterocycles. The van der Waals surface area contributed by atoms with E-state index < -0.39 is 21.5 Å². The molecule has 0 bridgehead atoms. The van der Waals surface area contributed by atoms with E-state index in [2.05, 4.69) is 10.0 Å². The number of rotatable bonds is 12. The number of carbonyl (C=O) groups excluding carboxylic acids is 1. The Kier molecular flexibility index (Phi) is 11.3. The minimum atomic E-state index is -4.34. The van der Waals surface area contributed by atoms with Crippen molar-refractivity contribution in [3.63, 3.8) is 0 Å². The van der Waals surface area contributed by atoms with Gasteiger partial charge in [0, 0.05) is 23.3 Å². The molecule has 3 rings (SSSR count). The predicted molar refractivity (Wildman–Crippen MR) is 157 cm³/mol. The fourth-order valence-corrected chi connectivity index (χ4v) is 6.89. The molecule has 0 aromatic heterocycles. The average Bonchev–Trinajstić information content (AvgIpc) is 2.91. The smallest absolute Gasteiger partial charge is 0.266 e. The molecular weight excluding hydrogens is 575 g/mol. The SMILES string of the molecule is CC(C)[C@]1(C(=O)NS(=O)(=O)c2cc(Cl)c(N[C@H](CCN(C)C)CSc3ccc(F)cc3)c(C#N)c2)CCCCO1. The summed E-state index contributed by atoms with van der Waals surface area (Å²) in [6.07, 6.45) is 2.69. The highest BCUT2D eigenvalue weighted by Gasteiger charge is 2.45. The van der Waals surface area contributed by atoms with Crippen molar-refractivity contribution in [3.8, 4) is 6.07 Å². The monoisotopic (exact) mass is 610 g/mol. The molecular formula is C28H36ClFN4O4S2. The van der Waals surface area contributed by atoms with Crippen LogP contribution >= 0.6 is 23.4 Å². The first-order chi connectivity index (χ1) is 18.9. The van der Waals surface area contributed by atoms with Gasteiger partial charge in [-0.1, -0.05) is 25.4 Å². The van der Waals surface area contributed by atoms with Crippen LogP contribution < -0.4 is 10.0 Å². The number of sulfonamides is 1. The number of anilines is 1. The molecule has 218 valence electrons. The third-order valence-electron chi connectivity index (χ3n) is 6.88. The first-order valence-corrected chi connectivity index (χ1v) is 16.0. The van der Waals surface area contributed by atoms with E-state index in [0.717, 1.165) is 24.3 Å². The quantitative estimate of drug-likeness (QED) is 0.313. The molecule has 2 atom stereocenters. The zero-order valence-corrected chi connectivity index (χ0v) is 25.6. The van der Waals surface area contributed by atoms with E-state index >= 15 is 0 Å². The number of carbonyl (C=O) groups is 1. The van der Waals surface area contributed by atoms with E-state index in [4.69, 9.17) is 16.3 Å². The van der Waals surface area contributed by atoms with Crippen LogP contribution in [0.2, 0.25) is 5.02 Å². The third kappa shape index (κ3) is 8.10. The third-order valence-corrected chi connectivity index (χ3v) is 9.66. The molecule has 0 aliphatic carbocycles. The van der Waals surface area contributed by atoms with Crippen molar-refractivity contribution in [2.45, 2.75) is 61.0 Å². The topological polar surface area (TPSA) is 112 Å². The van der Waals surface area contributed by atoms with Gasteiger partial charge in [0.05, 0.1) is 21.2 Å². The number of ether oxygens (including phenoxy) is 1. The Morgan fingerprint density at radius 2 is 1.95 bits per heavy atom. The van der Waals surface area contributed by atoms with Crippen LogP contribution in [-0.4, -0.2) is 63.9 Å². The second kappa shape index (κ2) is 14.0. The van der Waals surface area contributed by atoms with E-state index in [0.29, 0.717) is 30.9 Å². The van der Waals surface area contributed by atoms with Crippen LogP contribution in [0.15, 0.2) is 46.2 Å². The molecule has 0 radical (unpaired) electrons. The van der Waals surface area contributed by atoms with Gasteiger partial charge >= 0.3 is 0 Å². The Morgan fingerprint density at radius 3 is 2.52 bits per heavy atom. The maximum Gasteiger partial charge on any atom is 0.266 e. The molecule has 0 spiro atoms. The number of hydrogen-bond donors (Lipinski definition) is 2. The summed E-state index contributed by atoms with van der Waals surface area (Å²) >= 11 is 8.08. The zero-order chi connectivity index (χ0) is 29.5. The molecule has 1 aliphatic rings. The van der Waals surface area contributed by atoms with Crippen LogP contribution in [-0.2, 0) is 19.6 Å². The van der Waals surface area contributed by atoms with Gasteiger partial charge in [0.25, 0.3) is 15.9 Å². The van der Waals surface area contributed by atoms with E-state index in [1.54, 1.807) is 12.1 Å². The van der Waals surface area contributed by atoms with Crippen molar-refractivity contribution in [3.05, 3.63) is 52.8 Å². The lowest BCUT2D eigenvalue weighted by Crippen LogP contribution is -2.55. The molecule has 2 aromatic carbocycles. The molecule has 2 N–H and O–H groups in total. The number of halogens is 2. The standard InChI is InChI=1S/C28H36ClFN4O4S2/c1-19(2)28(12-5-6-14-38-28)27(35)33-40(36,37)24-15-20(17-31)26(25(29)16-24)32-22(11-13-34(3)4)18-39-23-9-7-21(30)8-10-23/h7-10,15-16,19,22,32H,5-6,11-14,18H2,1-4H3,(H,33,35)/t22-,28+/m1/s1. The van der Waals surface area contributed by atoms with Gasteiger partial charge in [-0.15, -0.1) is 11.8 Å². The summed E-state index contributed by atoms with van der Waals surface area (Å²) in [6.45, 7) is 4.78. The van der Waals surface area contributed by atoms with E-state index in [1.807, 2.05) is 38.9 Å². The summed E-state index contributed by atoms with van der Waals surface area (Å²) in [5, 5.41) is 13.3. The van der Waals surface area contributed by atoms with Crippen molar-refractivity contribution in [2.75, 3.05) is 38.3 Å². The molecule has 1 fully saturated rings. The summed E-state index contributed by atoms with van der Waals surface area (Å²) in [5.41, 5.74) is -0.891. The van der Waals surface area contributed by atoms with Crippen LogP contribution in [0.5, 0.6) is 0 Å². The Morgan fingerprint density at radius 1 is 1.25 bits per heavy atom. The van der Waals surface area contributed by atoms with Gasteiger partial charge in [-0.25, -0.2) is 17.5 Å². The number of nitriles is 1. The molecule has 1 saturated heterocycles. The number of thioether (sulfide) groups is 1. The van der Waals surface area contributed by atoms with Crippen LogP contribution in [0.1, 0.15) is 45.1 Å². The highest BCUT2D eigenvalue weighted by molar-refractivity contribution is 7.99. The highest BCUT2D eigenvalue weighted by atomic mass is 35.5. The van der Waals surface area contributed by atoms with Crippen molar-refractivity contribution in [2.24, 2.45) is 5.92 Å². The number of benzene rings is 2.